The predicted molar refractivity (Wildman–Crippen MR) is 143 cm³/mol. The molecular formula is C29H38N2O9. The van der Waals surface area contributed by atoms with Gasteiger partial charge in [0.05, 0.1) is 20.6 Å². The smallest absolute Gasteiger partial charge is 0.417 e. The lowest BCUT2D eigenvalue weighted by molar-refractivity contribution is -0.155. The Balaban J connectivity index is 2.08. The molecule has 0 N–H and O–H groups in total. The summed E-state index contributed by atoms with van der Waals surface area (Å²) in [5.41, 5.74) is -2.85. The van der Waals surface area contributed by atoms with Crippen LogP contribution in [0.1, 0.15) is 59.9 Å². The van der Waals surface area contributed by atoms with Gasteiger partial charge < -0.3 is 23.8 Å². The van der Waals surface area contributed by atoms with Crippen molar-refractivity contribution >= 4 is 29.8 Å². The quantitative estimate of drug-likeness (QED) is 0.223. The highest BCUT2D eigenvalue weighted by atomic mass is 16.6. The van der Waals surface area contributed by atoms with Gasteiger partial charge in [-0.3, -0.25) is 14.4 Å². The summed E-state index contributed by atoms with van der Waals surface area (Å²) >= 11 is 0. The number of nitrogens with zero attached hydrogens (tertiary/aromatic N) is 2. The minimum absolute atomic E-state index is 0.105. The first kappa shape index (κ1) is 30.6. The molecule has 0 bridgehead atoms. The fraction of sp³-hybridized carbons (Fsp3) is 0.552. The lowest BCUT2D eigenvalue weighted by atomic mass is 9.72. The number of benzene rings is 1. The van der Waals surface area contributed by atoms with Crippen LogP contribution in [0.4, 0.5) is 4.79 Å². The van der Waals surface area contributed by atoms with Gasteiger partial charge in [-0.15, -0.1) is 0 Å². The van der Waals surface area contributed by atoms with E-state index in [1.807, 2.05) is 0 Å². The third kappa shape index (κ3) is 6.46. The zero-order chi connectivity index (χ0) is 30.0. The standard InChI is InChI=1S/C29H38N2O9/c1-27(2,3)39-22(32)15-19-13-14-30(17-18-9-11-20(37-7)12-10-18)24(34)29(19)16-21(23(33)38-8)31(25(29)35)26(36)40-28(4,5)6/h9-13,21H,14-17H2,1-8H3/t21-,29-/m1/s1. The number of amides is 3. The van der Waals surface area contributed by atoms with Crippen LogP contribution in [0.2, 0.25) is 0 Å². The molecule has 2 aliphatic heterocycles. The minimum atomic E-state index is -2.00. The number of rotatable bonds is 6. The van der Waals surface area contributed by atoms with Crippen molar-refractivity contribution in [2.24, 2.45) is 5.41 Å². The Morgan fingerprint density at radius 3 is 2.05 bits per heavy atom. The van der Waals surface area contributed by atoms with Gasteiger partial charge >= 0.3 is 18.0 Å². The van der Waals surface area contributed by atoms with Crippen molar-refractivity contribution in [1.82, 2.24) is 9.80 Å². The average Bonchev–Trinajstić information content (AvgIpc) is 3.15. The van der Waals surface area contributed by atoms with Gasteiger partial charge in [-0.25, -0.2) is 14.5 Å². The van der Waals surface area contributed by atoms with Crippen molar-refractivity contribution < 1.29 is 42.9 Å². The molecule has 218 valence electrons. The number of likely N-dealkylation sites (tertiary alicyclic amines) is 1. The van der Waals surface area contributed by atoms with Crippen LogP contribution >= 0.6 is 0 Å². The third-order valence-corrected chi connectivity index (χ3v) is 6.50. The maximum absolute atomic E-state index is 14.2. The molecule has 1 spiro atoms. The van der Waals surface area contributed by atoms with E-state index < -0.39 is 58.9 Å². The van der Waals surface area contributed by atoms with Gasteiger partial charge in [0, 0.05) is 19.5 Å². The molecule has 1 aromatic rings. The van der Waals surface area contributed by atoms with E-state index >= 15 is 0 Å². The Morgan fingerprint density at radius 1 is 0.925 bits per heavy atom. The highest BCUT2D eigenvalue weighted by Crippen LogP contribution is 2.48. The number of carbonyl (C=O) groups excluding carboxylic acids is 5. The fourth-order valence-electron chi connectivity index (χ4n) is 4.84. The molecule has 3 rings (SSSR count). The number of methoxy groups -OCH3 is 2. The van der Waals surface area contributed by atoms with Gasteiger partial charge in [0.2, 0.25) is 5.91 Å². The minimum Gasteiger partial charge on any atom is -0.497 e. The second-order valence-electron chi connectivity index (χ2n) is 11.8. The zero-order valence-electron chi connectivity index (χ0n) is 24.4. The van der Waals surface area contributed by atoms with Crippen molar-refractivity contribution in [3.63, 3.8) is 0 Å². The Morgan fingerprint density at radius 2 is 1.52 bits per heavy atom. The molecule has 1 aromatic carbocycles. The van der Waals surface area contributed by atoms with E-state index in [-0.39, 0.29) is 25.1 Å². The van der Waals surface area contributed by atoms with E-state index in [0.717, 1.165) is 12.7 Å². The molecule has 0 unspecified atom stereocenters. The van der Waals surface area contributed by atoms with Crippen LogP contribution in [0.25, 0.3) is 0 Å². The molecule has 2 heterocycles. The molecule has 0 radical (unpaired) electrons. The molecule has 0 aromatic heterocycles. The first-order chi connectivity index (χ1) is 18.5. The highest BCUT2D eigenvalue weighted by molar-refractivity contribution is 6.16. The number of esters is 2. The first-order valence-corrected chi connectivity index (χ1v) is 13.0. The number of imide groups is 1. The van der Waals surface area contributed by atoms with Crippen LogP contribution in [0, 0.1) is 5.41 Å². The summed E-state index contributed by atoms with van der Waals surface area (Å²) in [6.07, 6.45) is -0.230. The molecule has 1 fully saturated rings. The number of ether oxygens (including phenoxy) is 4. The van der Waals surface area contributed by atoms with E-state index in [1.165, 1.54) is 4.90 Å². The largest absolute Gasteiger partial charge is 0.497 e. The van der Waals surface area contributed by atoms with Crippen LogP contribution < -0.4 is 4.74 Å². The Bertz CT molecular complexity index is 1210. The molecule has 2 atom stereocenters. The maximum Gasteiger partial charge on any atom is 0.417 e. The summed E-state index contributed by atoms with van der Waals surface area (Å²) < 4.78 is 21.0. The Hall–Kier alpha value is -3.89. The summed E-state index contributed by atoms with van der Waals surface area (Å²) in [6, 6.07) is 5.65. The fourth-order valence-corrected chi connectivity index (χ4v) is 4.84. The Kier molecular flexibility index (Phi) is 8.66. The molecule has 2 aliphatic rings. The summed E-state index contributed by atoms with van der Waals surface area (Å²) in [4.78, 5) is 69.4. The van der Waals surface area contributed by atoms with E-state index in [9.17, 15) is 24.0 Å². The van der Waals surface area contributed by atoms with Crippen LogP contribution in [-0.4, -0.2) is 77.7 Å². The first-order valence-electron chi connectivity index (χ1n) is 13.0. The van der Waals surface area contributed by atoms with Gasteiger partial charge in [-0.05, 0) is 64.8 Å². The van der Waals surface area contributed by atoms with Gasteiger partial charge in [0.25, 0.3) is 5.91 Å². The molecular weight excluding hydrogens is 520 g/mol. The lowest BCUT2D eigenvalue weighted by Gasteiger charge is -2.38. The summed E-state index contributed by atoms with van der Waals surface area (Å²) in [5, 5.41) is 0. The molecule has 3 amide bonds. The maximum atomic E-state index is 14.2. The van der Waals surface area contributed by atoms with E-state index in [4.69, 9.17) is 18.9 Å². The van der Waals surface area contributed by atoms with E-state index in [0.29, 0.717) is 10.6 Å². The van der Waals surface area contributed by atoms with Crippen LogP contribution in [0.3, 0.4) is 0 Å². The zero-order valence-corrected chi connectivity index (χ0v) is 24.4. The van der Waals surface area contributed by atoms with Gasteiger partial charge in [-0.2, -0.15) is 0 Å². The average molecular weight is 559 g/mol. The summed E-state index contributed by atoms with van der Waals surface area (Å²) in [6.45, 7) is 10.2. The van der Waals surface area contributed by atoms with Crippen molar-refractivity contribution in [2.75, 3.05) is 20.8 Å². The molecule has 11 heteroatoms. The van der Waals surface area contributed by atoms with Gasteiger partial charge in [0.1, 0.15) is 23.0 Å². The van der Waals surface area contributed by atoms with E-state index in [2.05, 4.69) is 0 Å². The van der Waals surface area contributed by atoms with Crippen LogP contribution in [-0.2, 0) is 39.9 Å². The van der Waals surface area contributed by atoms with Crippen molar-refractivity contribution in [2.45, 2.75) is 78.2 Å². The van der Waals surface area contributed by atoms with Crippen LogP contribution in [0.5, 0.6) is 5.75 Å². The molecule has 1 saturated heterocycles. The molecule has 40 heavy (non-hydrogen) atoms. The third-order valence-electron chi connectivity index (χ3n) is 6.50. The van der Waals surface area contributed by atoms with Crippen molar-refractivity contribution in [1.29, 1.82) is 0 Å². The van der Waals surface area contributed by atoms with Crippen molar-refractivity contribution in [3.05, 3.63) is 41.5 Å². The molecule has 11 nitrogen and oxygen atoms in total. The number of hydrogen-bond acceptors (Lipinski definition) is 9. The van der Waals surface area contributed by atoms with E-state index in [1.54, 1.807) is 79.0 Å². The normalized spacial score (nSPS) is 21.3. The molecule has 0 aliphatic carbocycles. The van der Waals surface area contributed by atoms with Gasteiger partial charge in [0.15, 0.2) is 5.41 Å². The highest BCUT2D eigenvalue weighted by Gasteiger charge is 2.65. The predicted octanol–water partition coefficient (Wildman–Crippen LogP) is 3.39. The second kappa shape index (κ2) is 11.3. The van der Waals surface area contributed by atoms with Gasteiger partial charge in [-0.1, -0.05) is 18.2 Å². The molecule has 0 saturated carbocycles. The Labute approximate surface area is 234 Å². The lowest BCUT2D eigenvalue weighted by Crippen LogP contribution is -2.54. The summed E-state index contributed by atoms with van der Waals surface area (Å²) in [5.74, 6) is -2.46. The monoisotopic (exact) mass is 558 g/mol. The number of carbonyl (C=O) groups is 5. The second-order valence-corrected chi connectivity index (χ2v) is 11.8. The topological polar surface area (TPSA) is 129 Å². The summed E-state index contributed by atoms with van der Waals surface area (Å²) in [7, 11) is 2.67. The van der Waals surface area contributed by atoms with Crippen LogP contribution in [0.15, 0.2) is 35.9 Å². The SMILES string of the molecule is COC(=O)[C@H]1C[C@@]2(C(=O)N(Cc3ccc(OC)cc3)CC=C2CC(=O)OC(C)(C)C)C(=O)N1C(=O)OC(C)(C)C. The number of hydrogen-bond donors (Lipinski definition) is 0. The van der Waals surface area contributed by atoms with Crippen molar-refractivity contribution in [3.8, 4) is 5.75 Å².